The van der Waals surface area contributed by atoms with Crippen molar-refractivity contribution in [1.29, 1.82) is 0 Å². The lowest BCUT2D eigenvalue weighted by molar-refractivity contribution is -0.143. The zero-order chi connectivity index (χ0) is 17.8. The molecule has 0 aromatic carbocycles. The average molecular weight is 336 g/mol. The second-order valence-electron chi connectivity index (χ2n) is 5.62. The molecule has 0 radical (unpaired) electrons. The van der Waals surface area contributed by atoms with Crippen molar-refractivity contribution < 1.29 is 23.1 Å². The Bertz CT molecular complexity index is 541. The average Bonchev–Trinajstić information content (AvgIpc) is 2.61. The fourth-order valence-corrected chi connectivity index (χ4v) is 2.38. The van der Waals surface area contributed by atoms with Crippen molar-refractivity contribution in [3.05, 3.63) is 17.0 Å². The third kappa shape index (κ3) is 6.09. The van der Waals surface area contributed by atoms with Crippen LogP contribution in [0.2, 0.25) is 0 Å². The van der Waals surface area contributed by atoms with Gasteiger partial charge in [0.25, 0.3) is 0 Å². The van der Waals surface area contributed by atoms with Crippen LogP contribution in [0.3, 0.4) is 0 Å². The number of nitrogens with one attached hydrogen (secondary N) is 2. The Labute approximate surface area is 133 Å². The molecule has 1 rings (SSSR count). The maximum absolute atomic E-state index is 12.5. The van der Waals surface area contributed by atoms with Crippen LogP contribution in [0.5, 0.6) is 0 Å². The second-order valence-corrected chi connectivity index (χ2v) is 5.62. The number of aliphatic hydroxyl groups excluding tert-OH is 1. The van der Waals surface area contributed by atoms with E-state index in [2.05, 4.69) is 15.7 Å². The van der Waals surface area contributed by atoms with Crippen LogP contribution in [-0.2, 0) is 6.54 Å². The van der Waals surface area contributed by atoms with E-state index in [1.807, 2.05) is 0 Å². The van der Waals surface area contributed by atoms with E-state index in [0.29, 0.717) is 29.9 Å². The third-order valence-electron chi connectivity index (χ3n) is 3.39. The van der Waals surface area contributed by atoms with Crippen LogP contribution in [-0.4, -0.2) is 39.7 Å². The largest absolute Gasteiger partial charge is 0.408 e. The van der Waals surface area contributed by atoms with Crippen LogP contribution in [0.15, 0.2) is 0 Å². The Balaban J connectivity index is 2.72. The van der Waals surface area contributed by atoms with E-state index in [-0.39, 0.29) is 0 Å². The smallest absolute Gasteiger partial charge is 0.393 e. The van der Waals surface area contributed by atoms with Crippen LogP contribution in [0.25, 0.3) is 0 Å². The molecule has 9 heteroatoms. The molecule has 0 aliphatic carbocycles. The molecular weight excluding hydrogens is 313 g/mol. The molecule has 2 atom stereocenters. The van der Waals surface area contributed by atoms with Crippen LogP contribution in [0, 0.1) is 13.8 Å². The molecule has 0 spiro atoms. The molecule has 0 aliphatic heterocycles. The fraction of sp³-hybridized carbons (Fsp3) is 0.714. The Morgan fingerprint density at radius 2 is 1.96 bits per heavy atom. The number of nitrogens with zero attached hydrogens (tertiary/aromatic N) is 2. The van der Waals surface area contributed by atoms with Crippen LogP contribution in [0.4, 0.5) is 18.0 Å². The normalized spacial score (nSPS) is 14.4. The minimum absolute atomic E-state index is 0.307. The zero-order valence-corrected chi connectivity index (χ0v) is 13.7. The summed E-state index contributed by atoms with van der Waals surface area (Å²) in [6.45, 7) is 5.60. The molecule has 23 heavy (non-hydrogen) atoms. The number of rotatable bonds is 6. The van der Waals surface area contributed by atoms with E-state index in [1.165, 1.54) is 0 Å². The summed E-state index contributed by atoms with van der Waals surface area (Å²) in [5, 5.41) is 18.3. The topological polar surface area (TPSA) is 79.2 Å². The van der Waals surface area contributed by atoms with Gasteiger partial charge < -0.3 is 15.7 Å². The number of urea groups is 1. The maximum Gasteiger partial charge on any atom is 0.408 e. The molecule has 2 amide bonds. The number of halogens is 3. The zero-order valence-electron chi connectivity index (χ0n) is 13.7. The second kappa shape index (κ2) is 7.67. The molecular formula is C14H23F3N4O2. The van der Waals surface area contributed by atoms with E-state index in [1.54, 1.807) is 27.7 Å². The summed E-state index contributed by atoms with van der Waals surface area (Å²) in [4.78, 5) is 11.8. The Hall–Kier alpha value is -1.77. The highest BCUT2D eigenvalue weighted by atomic mass is 19.4. The number of hydrogen-bond acceptors (Lipinski definition) is 3. The van der Waals surface area contributed by atoms with Gasteiger partial charge in [-0.1, -0.05) is 0 Å². The quantitative estimate of drug-likeness (QED) is 0.745. The van der Waals surface area contributed by atoms with Crippen molar-refractivity contribution in [2.45, 2.75) is 59.0 Å². The number of aryl methyl sites for hydroxylation is 1. The highest BCUT2D eigenvalue weighted by Crippen LogP contribution is 2.24. The number of alkyl halides is 3. The molecule has 1 aromatic heterocycles. The molecule has 0 saturated heterocycles. The highest BCUT2D eigenvalue weighted by Gasteiger charge is 2.30. The monoisotopic (exact) mass is 336 g/mol. The third-order valence-corrected chi connectivity index (χ3v) is 3.39. The molecule has 1 aromatic rings. The first-order valence-electron chi connectivity index (χ1n) is 7.34. The lowest BCUT2D eigenvalue weighted by atomic mass is 10.1. The molecule has 1 heterocycles. The Morgan fingerprint density at radius 3 is 2.48 bits per heavy atom. The number of hydrogen-bond donors (Lipinski definition) is 3. The first-order chi connectivity index (χ1) is 10.5. The summed E-state index contributed by atoms with van der Waals surface area (Å²) in [5.74, 6) is 0. The van der Waals surface area contributed by atoms with Crippen LogP contribution in [0.1, 0.15) is 43.3 Å². The van der Waals surface area contributed by atoms with E-state index in [0.717, 1.165) is 4.68 Å². The van der Waals surface area contributed by atoms with E-state index in [9.17, 15) is 18.0 Å². The van der Waals surface area contributed by atoms with Crippen molar-refractivity contribution >= 4 is 6.03 Å². The van der Waals surface area contributed by atoms with Gasteiger partial charge in [-0.3, -0.25) is 4.68 Å². The van der Waals surface area contributed by atoms with E-state index in [4.69, 9.17) is 5.11 Å². The van der Waals surface area contributed by atoms with Crippen molar-refractivity contribution in [1.82, 2.24) is 20.4 Å². The van der Waals surface area contributed by atoms with Crippen LogP contribution >= 0.6 is 0 Å². The van der Waals surface area contributed by atoms with Crippen LogP contribution < -0.4 is 10.6 Å². The van der Waals surface area contributed by atoms with Crippen molar-refractivity contribution in [2.75, 3.05) is 6.54 Å². The molecule has 132 valence electrons. The van der Waals surface area contributed by atoms with Crippen molar-refractivity contribution in [3.8, 4) is 0 Å². The first-order valence-corrected chi connectivity index (χ1v) is 7.34. The summed E-state index contributed by atoms with van der Waals surface area (Å²) < 4.78 is 38.4. The summed E-state index contributed by atoms with van der Waals surface area (Å²) in [6.07, 6.45) is -4.45. The molecule has 0 aliphatic rings. The molecule has 6 nitrogen and oxygen atoms in total. The van der Waals surface area contributed by atoms with Gasteiger partial charge in [0.1, 0.15) is 6.54 Å². The number of carbonyl (C=O) groups excluding carboxylic acids is 1. The summed E-state index contributed by atoms with van der Waals surface area (Å²) in [5.41, 5.74) is 1.39. The maximum atomic E-state index is 12.5. The van der Waals surface area contributed by atoms with Gasteiger partial charge in [-0.25, -0.2) is 4.79 Å². The number of carbonyl (C=O) groups is 1. The first kappa shape index (κ1) is 19.3. The fourth-order valence-electron chi connectivity index (χ4n) is 2.38. The van der Waals surface area contributed by atoms with Gasteiger partial charge >= 0.3 is 12.2 Å². The van der Waals surface area contributed by atoms with Gasteiger partial charge in [0.15, 0.2) is 0 Å². The molecule has 2 unspecified atom stereocenters. The number of amides is 2. The van der Waals surface area contributed by atoms with Gasteiger partial charge in [-0.05, 0) is 34.1 Å². The summed E-state index contributed by atoms with van der Waals surface area (Å²) >= 11 is 0. The molecule has 0 saturated carbocycles. The standard InChI is InChI=1S/C14H23F3N4O2/c1-8(22)5-6-18-13(23)19-9(2)12-10(3)20-21(11(12)4)7-14(15,16)17/h8-9,22H,5-7H2,1-4H3,(H2,18,19,23). The molecule has 0 bridgehead atoms. The van der Waals surface area contributed by atoms with E-state index >= 15 is 0 Å². The van der Waals surface area contributed by atoms with Gasteiger partial charge in [0.05, 0.1) is 17.8 Å². The minimum Gasteiger partial charge on any atom is -0.393 e. The highest BCUT2D eigenvalue weighted by molar-refractivity contribution is 5.74. The predicted octanol–water partition coefficient (Wildman–Crippen LogP) is 2.19. The van der Waals surface area contributed by atoms with Gasteiger partial charge in [-0.2, -0.15) is 18.3 Å². The Kier molecular flexibility index (Phi) is 6.43. The van der Waals surface area contributed by atoms with E-state index < -0.39 is 30.9 Å². The predicted molar refractivity (Wildman–Crippen MR) is 79.0 cm³/mol. The number of aliphatic hydroxyl groups is 1. The van der Waals surface area contributed by atoms with Gasteiger partial charge in [-0.15, -0.1) is 0 Å². The molecule has 3 N–H and O–H groups in total. The lowest BCUT2D eigenvalue weighted by Gasteiger charge is -2.16. The van der Waals surface area contributed by atoms with Gasteiger partial charge in [0, 0.05) is 17.8 Å². The van der Waals surface area contributed by atoms with Gasteiger partial charge in [0.2, 0.25) is 0 Å². The minimum atomic E-state index is -4.35. The van der Waals surface area contributed by atoms with Crippen molar-refractivity contribution in [3.63, 3.8) is 0 Å². The lowest BCUT2D eigenvalue weighted by Crippen LogP contribution is -2.38. The summed E-state index contributed by atoms with van der Waals surface area (Å²) in [6, 6.07) is -0.927. The number of aromatic nitrogens is 2. The van der Waals surface area contributed by atoms with Crippen molar-refractivity contribution in [2.24, 2.45) is 0 Å². The summed E-state index contributed by atoms with van der Waals surface area (Å²) in [7, 11) is 0. The molecule has 0 fully saturated rings. The SMILES string of the molecule is Cc1nn(CC(F)(F)F)c(C)c1C(C)NC(=O)NCCC(C)O. The Morgan fingerprint density at radius 1 is 1.35 bits per heavy atom.